The molecule has 1 heterocycles. The molecule has 0 unspecified atom stereocenters. The molecule has 0 bridgehead atoms. The van der Waals surface area contributed by atoms with Crippen molar-refractivity contribution in [3.63, 3.8) is 0 Å². The molecule has 19 heavy (non-hydrogen) atoms. The van der Waals surface area contributed by atoms with Crippen molar-refractivity contribution >= 4 is 17.7 Å². The summed E-state index contributed by atoms with van der Waals surface area (Å²) in [5.41, 5.74) is 0.141. The Balaban J connectivity index is 1.92. The summed E-state index contributed by atoms with van der Waals surface area (Å²) in [6.07, 6.45) is 4.89. The third-order valence-electron chi connectivity index (χ3n) is 2.75. The van der Waals surface area contributed by atoms with Crippen LogP contribution in [0.1, 0.15) is 23.3 Å². The molecule has 1 saturated carbocycles. The van der Waals surface area contributed by atoms with Gasteiger partial charge in [0.15, 0.2) is 5.69 Å². The number of esters is 1. The van der Waals surface area contributed by atoms with Gasteiger partial charge in [-0.2, -0.15) is 0 Å². The monoisotopic (exact) mass is 264 g/mol. The molecule has 0 atom stereocenters. The lowest BCUT2D eigenvalue weighted by atomic mass is 10.4. The van der Waals surface area contributed by atoms with Crippen LogP contribution in [-0.4, -0.2) is 48.6 Å². The van der Waals surface area contributed by atoms with Crippen molar-refractivity contribution in [1.29, 1.82) is 0 Å². The molecule has 0 spiro atoms. The summed E-state index contributed by atoms with van der Waals surface area (Å²) in [5.74, 6) is -0.0457. The summed E-state index contributed by atoms with van der Waals surface area (Å²) in [7, 11) is 3.03. The van der Waals surface area contributed by atoms with Crippen LogP contribution in [0.15, 0.2) is 12.4 Å². The van der Waals surface area contributed by atoms with Crippen LogP contribution in [-0.2, 0) is 9.53 Å². The SMILES string of the molecule is COC(=O)c1cnc(N(C)CC(=O)NC2CC2)cn1. The summed E-state index contributed by atoms with van der Waals surface area (Å²) >= 11 is 0. The molecular formula is C12H16N4O3. The largest absolute Gasteiger partial charge is 0.464 e. The van der Waals surface area contributed by atoms with Gasteiger partial charge in [-0.15, -0.1) is 0 Å². The number of methoxy groups -OCH3 is 1. The number of hydrogen-bond acceptors (Lipinski definition) is 6. The molecule has 7 nitrogen and oxygen atoms in total. The van der Waals surface area contributed by atoms with E-state index in [1.165, 1.54) is 19.5 Å². The maximum absolute atomic E-state index is 11.6. The first-order valence-corrected chi connectivity index (χ1v) is 6.01. The number of nitrogens with zero attached hydrogens (tertiary/aromatic N) is 3. The molecule has 102 valence electrons. The van der Waals surface area contributed by atoms with Gasteiger partial charge in [0.05, 0.1) is 26.0 Å². The lowest BCUT2D eigenvalue weighted by Gasteiger charge is -2.17. The van der Waals surface area contributed by atoms with Crippen LogP contribution in [0.2, 0.25) is 0 Å². The average Bonchev–Trinajstić information content (AvgIpc) is 3.21. The van der Waals surface area contributed by atoms with Crippen LogP contribution >= 0.6 is 0 Å². The van der Waals surface area contributed by atoms with Gasteiger partial charge in [-0.1, -0.05) is 0 Å². The molecule has 2 rings (SSSR count). The minimum Gasteiger partial charge on any atom is -0.464 e. The van der Waals surface area contributed by atoms with Crippen molar-refractivity contribution in [1.82, 2.24) is 15.3 Å². The van der Waals surface area contributed by atoms with Crippen LogP contribution in [0.4, 0.5) is 5.82 Å². The maximum atomic E-state index is 11.6. The second-order valence-electron chi connectivity index (χ2n) is 4.45. The van der Waals surface area contributed by atoms with Gasteiger partial charge in [-0.05, 0) is 12.8 Å². The highest BCUT2D eigenvalue weighted by atomic mass is 16.5. The van der Waals surface area contributed by atoms with E-state index < -0.39 is 5.97 Å². The molecule has 1 aromatic rings. The zero-order valence-electron chi connectivity index (χ0n) is 10.9. The average molecular weight is 264 g/mol. The van der Waals surface area contributed by atoms with Crippen molar-refractivity contribution in [2.24, 2.45) is 0 Å². The standard InChI is InChI=1S/C12H16N4O3/c1-16(7-11(17)15-8-3-4-8)10-6-13-9(5-14-10)12(18)19-2/h5-6,8H,3-4,7H2,1-2H3,(H,15,17). The highest BCUT2D eigenvalue weighted by Crippen LogP contribution is 2.18. The normalized spacial score (nSPS) is 13.8. The molecule has 0 radical (unpaired) electrons. The van der Waals surface area contributed by atoms with Gasteiger partial charge in [-0.25, -0.2) is 14.8 Å². The first-order valence-electron chi connectivity index (χ1n) is 6.01. The predicted molar refractivity (Wildman–Crippen MR) is 67.8 cm³/mol. The van der Waals surface area contributed by atoms with Crippen LogP contribution in [0, 0.1) is 0 Å². The van der Waals surface area contributed by atoms with Gasteiger partial charge in [0, 0.05) is 13.1 Å². The van der Waals surface area contributed by atoms with Gasteiger partial charge < -0.3 is 15.0 Å². The van der Waals surface area contributed by atoms with Crippen molar-refractivity contribution in [2.75, 3.05) is 25.6 Å². The van der Waals surface area contributed by atoms with Crippen molar-refractivity contribution in [2.45, 2.75) is 18.9 Å². The smallest absolute Gasteiger partial charge is 0.358 e. The highest BCUT2D eigenvalue weighted by molar-refractivity contribution is 5.87. The van der Waals surface area contributed by atoms with Gasteiger partial charge >= 0.3 is 5.97 Å². The summed E-state index contributed by atoms with van der Waals surface area (Å²) in [5, 5.41) is 2.89. The highest BCUT2D eigenvalue weighted by Gasteiger charge is 2.23. The number of carbonyl (C=O) groups excluding carboxylic acids is 2. The van der Waals surface area contributed by atoms with Gasteiger partial charge in [0.1, 0.15) is 5.82 Å². The lowest BCUT2D eigenvalue weighted by molar-refractivity contribution is -0.119. The zero-order valence-corrected chi connectivity index (χ0v) is 10.9. The van der Waals surface area contributed by atoms with E-state index in [0.717, 1.165) is 12.8 Å². The number of rotatable bonds is 5. The topological polar surface area (TPSA) is 84.4 Å². The first-order chi connectivity index (χ1) is 9.10. The Hall–Kier alpha value is -2.18. The number of anilines is 1. The summed E-state index contributed by atoms with van der Waals surface area (Å²) in [6, 6.07) is 0.341. The Labute approximate surface area is 111 Å². The molecule has 7 heteroatoms. The molecule has 0 aliphatic heterocycles. The summed E-state index contributed by atoms with van der Waals surface area (Å²) < 4.78 is 4.53. The summed E-state index contributed by atoms with van der Waals surface area (Å²) in [6.45, 7) is 0.211. The quantitative estimate of drug-likeness (QED) is 0.752. The molecule has 1 aromatic heterocycles. The number of carbonyl (C=O) groups is 2. The molecular weight excluding hydrogens is 248 g/mol. The number of nitrogens with one attached hydrogen (secondary N) is 1. The Morgan fingerprint density at radius 2 is 2.16 bits per heavy atom. The maximum Gasteiger partial charge on any atom is 0.358 e. The predicted octanol–water partition coefficient (Wildman–Crippen LogP) is -0.0220. The fraction of sp³-hybridized carbons (Fsp3) is 0.500. The third-order valence-corrected chi connectivity index (χ3v) is 2.75. The van der Waals surface area contributed by atoms with Crippen molar-refractivity contribution in [3.8, 4) is 0 Å². The molecule has 1 aliphatic carbocycles. The number of hydrogen-bond donors (Lipinski definition) is 1. The molecule has 1 aliphatic rings. The van der Waals surface area contributed by atoms with Crippen LogP contribution in [0.5, 0.6) is 0 Å². The van der Waals surface area contributed by atoms with Crippen molar-refractivity contribution < 1.29 is 14.3 Å². The minimum atomic E-state index is -0.534. The van der Waals surface area contributed by atoms with E-state index in [0.29, 0.717) is 11.9 Å². The van der Waals surface area contributed by atoms with E-state index in [1.807, 2.05) is 0 Å². The minimum absolute atomic E-state index is 0.0381. The number of likely N-dealkylation sites (N-methyl/N-ethyl adjacent to an activating group) is 1. The second kappa shape index (κ2) is 5.64. The van der Waals surface area contributed by atoms with Crippen LogP contribution in [0.3, 0.4) is 0 Å². The Morgan fingerprint density at radius 3 is 2.68 bits per heavy atom. The molecule has 1 fully saturated rings. The molecule has 1 amide bonds. The van der Waals surface area contributed by atoms with Crippen LogP contribution in [0.25, 0.3) is 0 Å². The van der Waals surface area contributed by atoms with Crippen molar-refractivity contribution in [3.05, 3.63) is 18.1 Å². The molecule has 1 N–H and O–H groups in total. The number of aromatic nitrogens is 2. The molecule has 0 aromatic carbocycles. The van der Waals surface area contributed by atoms with Gasteiger partial charge in [-0.3, -0.25) is 4.79 Å². The second-order valence-corrected chi connectivity index (χ2v) is 4.45. The zero-order chi connectivity index (χ0) is 13.8. The van der Waals surface area contributed by atoms with Gasteiger partial charge in [0.25, 0.3) is 0 Å². The van der Waals surface area contributed by atoms with E-state index in [1.54, 1.807) is 11.9 Å². The van der Waals surface area contributed by atoms with E-state index in [-0.39, 0.29) is 18.1 Å². The summed E-state index contributed by atoms with van der Waals surface area (Å²) in [4.78, 5) is 32.5. The van der Waals surface area contributed by atoms with Gasteiger partial charge in [0.2, 0.25) is 5.91 Å². The Bertz CT molecular complexity index is 470. The van der Waals surface area contributed by atoms with E-state index in [9.17, 15) is 9.59 Å². The molecule has 0 saturated heterocycles. The van der Waals surface area contributed by atoms with E-state index >= 15 is 0 Å². The first kappa shape index (κ1) is 13.3. The fourth-order valence-electron chi connectivity index (χ4n) is 1.53. The van der Waals surface area contributed by atoms with E-state index in [2.05, 4.69) is 20.0 Å². The van der Waals surface area contributed by atoms with E-state index in [4.69, 9.17) is 0 Å². The Morgan fingerprint density at radius 1 is 1.42 bits per heavy atom. The lowest BCUT2D eigenvalue weighted by Crippen LogP contribution is -2.36. The Kier molecular flexibility index (Phi) is 3.94. The fourth-order valence-corrected chi connectivity index (χ4v) is 1.53. The number of ether oxygens (including phenoxy) is 1. The van der Waals surface area contributed by atoms with Crippen LogP contribution < -0.4 is 10.2 Å². The third kappa shape index (κ3) is 3.64. The number of amides is 1.